The van der Waals surface area contributed by atoms with Crippen molar-refractivity contribution >= 4 is 33.2 Å². The molecular formula is C31H35F2N7. The Balaban J connectivity index is 1.31. The number of aromatic nitrogens is 4. The summed E-state index contributed by atoms with van der Waals surface area (Å²) in [6.45, 7) is 10.5. The zero-order valence-electron chi connectivity index (χ0n) is 23.1. The number of hydrogen-bond donors (Lipinski definition) is 2. The molecule has 1 aromatic carbocycles. The molecule has 0 atom stereocenters. The number of allylic oxidation sites excluding steroid dienone is 3. The van der Waals surface area contributed by atoms with Crippen LogP contribution >= 0.6 is 0 Å². The number of aromatic amines is 2. The number of likely N-dealkylation sites (tertiary alicyclic amines) is 1. The third-order valence-electron chi connectivity index (χ3n) is 8.05. The van der Waals surface area contributed by atoms with Crippen LogP contribution < -0.4 is 4.90 Å². The molecule has 3 aromatic heterocycles. The van der Waals surface area contributed by atoms with E-state index in [1.807, 2.05) is 37.4 Å². The molecule has 9 heteroatoms. The van der Waals surface area contributed by atoms with Crippen LogP contribution in [0.25, 0.3) is 38.8 Å². The zero-order chi connectivity index (χ0) is 27.9. The zero-order valence-corrected chi connectivity index (χ0v) is 23.1. The van der Waals surface area contributed by atoms with Gasteiger partial charge in [0, 0.05) is 62.7 Å². The number of nitrogens with zero attached hydrogens (tertiary/aromatic N) is 5. The number of hydrogen-bond acceptors (Lipinski definition) is 5. The lowest BCUT2D eigenvalue weighted by molar-refractivity contribution is 0.0131. The molecule has 0 amide bonds. The van der Waals surface area contributed by atoms with E-state index in [9.17, 15) is 8.78 Å². The molecule has 2 aliphatic heterocycles. The van der Waals surface area contributed by atoms with Crippen molar-refractivity contribution in [3.05, 3.63) is 72.5 Å². The number of piperazine rings is 1. The highest BCUT2D eigenvalue weighted by molar-refractivity contribution is 6.00. The molecule has 4 aromatic rings. The van der Waals surface area contributed by atoms with Crippen molar-refractivity contribution in [2.24, 2.45) is 0 Å². The summed E-state index contributed by atoms with van der Waals surface area (Å²) < 4.78 is 27.4. The number of likely N-dealkylation sites (N-methyl/N-ethyl adjacent to an activating group) is 1. The number of fused-ring (bicyclic) bond motifs is 2. The Morgan fingerprint density at radius 3 is 2.62 bits per heavy atom. The molecule has 0 radical (unpaired) electrons. The maximum Gasteiger partial charge on any atom is 0.261 e. The van der Waals surface area contributed by atoms with E-state index in [-0.39, 0.29) is 13.0 Å². The number of nitrogens with one attached hydrogen (secondary N) is 2. The number of H-pyrrole nitrogens is 2. The lowest BCUT2D eigenvalue weighted by atomic mass is 10.00. The van der Waals surface area contributed by atoms with E-state index in [0.29, 0.717) is 13.1 Å². The highest BCUT2D eigenvalue weighted by Crippen LogP contribution is 2.34. The first-order chi connectivity index (χ1) is 19.3. The lowest BCUT2D eigenvalue weighted by Crippen LogP contribution is -2.44. The predicted octanol–water partition coefficient (Wildman–Crippen LogP) is 5.71. The average molecular weight is 544 g/mol. The van der Waals surface area contributed by atoms with Gasteiger partial charge in [0.1, 0.15) is 11.5 Å². The van der Waals surface area contributed by atoms with Crippen molar-refractivity contribution in [1.29, 1.82) is 0 Å². The number of pyridine rings is 1. The molecule has 0 aliphatic carbocycles. The van der Waals surface area contributed by atoms with Crippen molar-refractivity contribution in [2.45, 2.75) is 19.3 Å². The first-order valence-electron chi connectivity index (χ1n) is 13.8. The Hall–Kier alpha value is -3.82. The monoisotopic (exact) mass is 543 g/mol. The molecule has 0 spiro atoms. The minimum absolute atomic E-state index is 0.0888. The molecule has 2 saturated heterocycles. The molecule has 208 valence electrons. The summed E-state index contributed by atoms with van der Waals surface area (Å²) in [5.74, 6) is -1.61. The van der Waals surface area contributed by atoms with E-state index < -0.39 is 5.92 Å². The molecule has 0 saturated carbocycles. The van der Waals surface area contributed by atoms with Gasteiger partial charge in [0.25, 0.3) is 5.92 Å². The molecule has 0 unspecified atom stereocenters. The second-order valence-electron chi connectivity index (χ2n) is 10.9. The minimum atomic E-state index is -2.61. The third kappa shape index (κ3) is 5.19. The van der Waals surface area contributed by atoms with Crippen LogP contribution in [-0.4, -0.2) is 88.7 Å². The van der Waals surface area contributed by atoms with Crippen LogP contribution in [0.1, 0.15) is 18.9 Å². The van der Waals surface area contributed by atoms with Crippen molar-refractivity contribution in [3.63, 3.8) is 0 Å². The minimum Gasteiger partial charge on any atom is -0.353 e. The van der Waals surface area contributed by atoms with Gasteiger partial charge in [0.2, 0.25) is 0 Å². The number of halogens is 2. The quantitative estimate of drug-likeness (QED) is 0.292. The summed E-state index contributed by atoms with van der Waals surface area (Å²) in [5.41, 5.74) is 6.70. The van der Waals surface area contributed by atoms with Gasteiger partial charge in [-0.05, 0) is 54.9 Å². The summed E-state index contributed by atoms with van der Waals surface area (Å²) >= 11 is 0. The van der Waals surface area contributed by atoms with Gasteiger partial charge in [-0.15, -0.1) is 0 Å². The maximum atomic E-state index is 13.7. The van der Waals surface area contributed by atoms with Crippen molar-refractivity contribution in [3.8, 4) is 11.4 Å². The van der Waals surface area contributed by atoms with Crippen LogP contribution in [-0.2, 0) is 0 Å². The normalized spacial score (nSPS) is 19.2. The second kappa shape index (κ2) is 10.6. The van der Waals surface area contributed by atoms with E-state index in [2.05, 4.69) is 56.8 Å². The first kappa shape index (κ1) is 26.4. The van der Waals surface area contributed by atoms with Crippen molar-refractivity contribution in [1.82, 2.24) is 30.0 Å². The topological polar surface area (TPSA) is 67.1 Å². The van der Waals surface area contributed by atoms with Gasteiger partial charge in [0.15, 0.2) is 0 Å². The largest absolute Gasteiger partial charge is 0.353 e. The van der Waals surface area contributed by atoms with Crippen LogP contribution in [0, 0.1) is 0 Å². The van der Waals surface area contributed by atoms with Crippen LogP contribution in [0.4, 0.5) is 14.6 Å². The molecule has 0 bridgehead atoms. The van der Waals surface area contributed by atoms with E-state index in [0.717, 1.165) is 81.9 Å². The number of anilines is 1. The van der Waals surface area contributed by atoms with Crippen molar-refractivity contribution < 1.29 is 8.78 Å². The summed E-state index contributed by atoms with van der Waals surface area (Å²) in [5, 5.41) is 9.95. The Morgan fingerprint density at radius 1 is 1.07 bits per heavy atom. The standard InChI is InChI=1S/C31H35F2N7/c1-4-21(19-39-11-9-31(32,33)20-39)16-22(5-2)23-6-7-27-24(17-23)29(37-36-27)28-18-25-26(35-28)8-10-34-30(25)40-14-12-38(3)13-15-40/h4-8,10,16-18,35H,1,9,11-15,19-20H2,2-3H3,(H,36,37)/b21-16+,22-5+. The Morgan fingerprint density at radius 2 is 1.90 bits per heavy atom. The van der Waals surface area contributed by atoms with Gasteiger partial charge in [0.05, 0.1) is 23.3 Å². The average Bonchev–Trinajstić information content (AvgIpc) is 3.66. The molecule has 40 heavy (non-hydrogen) atoms. The van der Waals surface area contributed by atoms with E-state index >= 15 is 0 Å². The van der Waals surface area contributed by atoms with Crippen LogP contribution in [0.2, 0.25) is 0 Å². The highest BCUT2D eigenvalue weighted by Gasteiger charge is 2.38. The fraction of sp³-hybridized carbons (Fsp3) is 0.355. The Bertz CT molecular complexity index is 1600. The third-order valence-corrected chi connectivity index (χ3v) is 8.05. The summed E-state index contributed by atoms with van der Waals surface area (Å²) in [4.78, 5) is 14.8. The first-order valence-corrected chi connectivity index (χ1v) is 13.8. The second-order valence-corrected chi connectivity index (χ2v) is 10.9. The number of benzene rings is 1. The van der Waals surface area contributed by atoms with Gasteiger partial charge < -0.3 is 14.8 Å². The number of alkyl halides is 2. The fourth-order valence-electron chi connectivity index (χ4n) is 5.74. The van der Waals surface area contributed by atoms with Gasteiger partial charge >= 0.3 is 0 Å². The smallest absolute Gasteiger partial charge is 0.261 e. The predicted molar refractivity (Wildman–Crippen MR) is 159 cm³/mol. The molecular weight excluding hydrogens is 508 g/mol. The van der Waals surface area contributed by atoms with Crippen LogP contribution in [0.15, 0.2) is 66.9 Å². The molecule has 6 rings (SSSR count). The summed E-state index contributed by atoms with van der Waals surface area (Å²) in [7, 11) is 2.15. The van der Waals surface area contributed by atoms with E-state index in [1.54, 1.807) is 11.0 Å². The van der Waals surface area contributed by atoms with Gasteiger partial charge in [-0.3, -0.25) is 10.00 Å². The lowest BCUT2D eigenvalue weighted by Gasteiger charge is -2.33. The molecule has 5 heterocycles. The maximum absolute atomic E-state index is 13.7. The van der Waals surface area contributed by atoms with E-state index in [1.165, 1.54) is 0 Å². The highest BCUT2D eigenvalue weighted by atomic mass is 19.3. The summed E-state index contributed by atoms with van der Waals surface area (Å²) in [6, 6.07) is 10.4. The summed E-state index contributed by atoms with van der Waals surface area (Å²) in [6.07, 6.45) is 7.62. The fourth-order valence-corrected chi connectivity index (χ4v) is 5.74. The Labute approximate surface area is 232 Å². The Kier molecular flexibility index (Phi) is 7.02. The molecule has 2 N–H and O–H groups in total. The van der Waals surface area contributed by atoms with Gasteiger partial charge in [-0.1, -0.05) is 30.9 Å². The molecule has 2 aliphatic rings. The number of rotatable bonds is 7. The van der Waals surface area contributed by atoms with Crippen LogP contribution in [0.3, 0.4) is 0 Å². The van der Waals surface area contributed by atoms with Gasteiger partial charge in [-0.25, -0.2) is 13.8 Å². The van der Waals surface area contributed by atoms with Gasteiger partial charge in [-0.2, -0.15) is 5.10 Å². The molecule has 2 fully saturated rings. The van der Waals surface area contributed by atoms with Crippen LogP contribution in [0.5, 0.6) is 0 Å². The van der Waals surface area contributed by atoms with Crippen molar-refractivity contribution in [2.75, 3.05) is 57.8 Å². The SMILES string of the molecule is C=C/C(=C\C(=C/C)c1ccc2[nH]nc(-c3cc4c(N5CCN(C)CC5)nccc4[nH]3)c2c1)CN1CCC(F)(F)C1. The molecule has 7 nitrogen and oxygen atoms in total. The van der Waals surface area contributed by atoms with E-state index in [4.69, 9.17) is 4.98 Å².